The molecule has 0 aliphatic rings. The van der Waals surface area contributed by atoms with Gasteiger partial charge in [-0.1, -0.05) is 49.7 Å². The van der Waals surface area contributed by atoms with E-state index < -0.39 is 0 Å². The van der Waals surface area contributed by atoms with E-state index in [1.54, 1.807) is 12.1 Å². The maximum Gasteiger partial charge on any atom is 0.143 e. The minimum Gasteiger partial charge on any atom is -0.506 e. The first-order valence-corrected chi connectivity index (χ1v) is 7.99. The second kappa shape index (κ2) is 6.49. The molecule has 0 aromatic heterocycles. The van der Waals surface area contributed by atoms with E-state index in [1.165, 1.54) is 17.7 Å². The van der Waals surface area contributed by atoms with Crippen LogP contribution in [-0.2, 0) is 0 Å². The molecule has 0 amide bonds. The van der Waals surface area contributed by atoms with Gasteiger partial charge in [-0.2, -0.15) is 0 Å². The van der Waals surface area contributed by atoms with Crippen LogP contribution in [0.4, 0.5) is 11.4 Å². The second-order valence-corrected chi connectivity index (χ2v) is 6.34. The Kier molecular flexibility index (Phi) is 4.40. The molecular weight excluding hydrogens is 324 g/mol. The fraction of sp³-hybridized carbons (Fsp3) is 0.158. The van der Waals surface area contributed by atoms with Crippen LogP contribution < -0.4 is 0 Å². The topological polar surface area (TPSA) is 65.2 Å². The highest BCUT2D eigenvalue weighted by atomic mass is 35.5. The fourth-order valence-corrected chi connectivity index (χ4v) is 2.63. The Labute approximate surface area is 145 Å². The number of azo groups is 1. The summed E-state index contributed by atoms with van der Waals surface area (Å²) in [7, 11) is 0. The highest BCUT2D eigenvalue weighted by molar-refractivity contribution is 6.30. The number of rotatable bonds is 3. The van der Waals surface area contributed by atoms with Crippen LogP contribution in [0.3, 0.4) is 0 Å². The summed E-state index contributed by atoms with van der Waals surface area (Å²) in [6, 6.07) is 14.0. The van der Waals surface area contributed by atoms with Crippen LogP contribution in [0.1, 0.15) is 25.3 Å². The molecule has 4 nitrogen and oxygen atoms in total. The van der Waals surface area contributed by atoms with Crippen molar-refractivity contribution in [2.24, 2.45) is 10.2 Å². The van der Waals surface area contributed by atoms with Crippen LogP contribution in [0.5, 0.6) is 11.5 Å². The zero-order valence-electron chi connectivity index (χ0n) is 13.4. The molecule has 0 radical (unpaired) electrons. The van der Waals surface area contributed by atoms with E-state index in [0.717, 1.165) is 10.8 Å². The zero-order valence-corrected chi connectivity index (χ0v) is 14.1. The first-order chi connectivity index (χ1) is 11.5. The van der Waals surface area contributed by atoms with Crippen LogP contribution in [0, 0.1) is 0 Å². The average Bonchev–Trinajstić information content (AvgIpc) is 2.56. The van der Waals surface area contributed by atoms with Gasteiger partial charge in [0, 0.05) is 10.4 Å². The highest BCUT2D eigenvalue weighted by Crippen LogP contribution is 2.38. The number of nitrogens with zero attached hydrogens (tertiary/aromatic N) is 2. The summed E-state index contributed by atoms with van der Waals surface area (Å²) in [5.74, 6) is 0.423. The van der Waals surface area contributed by atoms with Gasteiger partial charge >= 0.3 is 0 Å². The van der Waals surface area contributed by atoms with Gasteiger partial charge in [-0.05, 0) is 41.1 Å². The lowest BCUT2D eigenvalue weighted by Gasteiger charge is -2.09. The molecule has 2 N–H and O–H groups in total. The highest BCUT2D eigenvalue weighted by Gasteiger charge is 2.09. The Morgan fingerprint density at radius 3 is 2.38 bits per heavy atom. The smallest absolute Gasteiger partial charge is 0.143 e. The molecule has 0 aliphatic heterocycles. The van der Waals surface area contributed by atoms with E-state index in [0.29, 0.717) is 16.6 Å². The number of fused-ring (bicyclic) bond motifs is 1. The summed E-state index contributed by atoms with van der Waals surface area (Å²) in [5, 5.41) is 30.4. The van der Waals surface area contributed by atoms with Gasteiger partial charge in [0.2, 0.25) is 0 Å². The van der Waals surface area contributed by atoms with Crippen LogP contribution >= 0.6 is 11.6 Å². The Morgan fingerprint density at radius 1 is 0.875 bits per heavy atom. The molecule has 0 atom stereocenters. The van der Waals surface area contributed by atoms with Crippen molar-refractivity contribution in [3.8, 4) is 11.5 Å². The molecular formula is C19H17ClN2O2. The minimum absolute atomic E-state index is 0.0232. The van der Waals surface area contributed by atoms with Crippen molar-refractivity contribution in [1.29, 1.82) is 0 Å². The molecule has 3 aromatic rings. The molecule has 0 spiro atoms. The summed E-state index contributed by atoms with van der Waals surface area (Å²) in [6.07, 6.45) is 0. The normalized spacial score (nSPS) is 11.7. The van der Waals surface area contributed by atoms with E-state index in [-0.39, 0.29) is 17.2 Å². The molecule has 0 saturated heterocycles. The van der Waals surface area contributed by atoms with Crippen molar-refractivity contribution in [2.45, 2.75) is 19.8 Å². The van der Waals surface area contributed by atoms with Gasteiger partial charge in [0.05, 0.1) is 0 Å². The standard InChI is InChI=1S/C19H17ClN2O2/c1-11(2)12-3-6-15-13(9-12)4-7-18(24)19(15)22-21-16-10-14(20)5-8-17(16)23/h3-11,23-24H,1-2H3. The van der Waals surface area contributed by atoms with Gasteiger partial charge in [-0.3, -0.25) is 0 Å². The van der Waals surface area contributed by atoms with Crippen molar-refractivity contribution in [3.63, 3.8) is 0 Å². The predicted octanol–water partition coefficient (Wildman–Crippen LogP) is 6.44. The largest absolute Gasteiger partial charge is 0.506 e. The molecule has 0 heterocycles. The molecule has 5 heteroatoms. The molecule has 3 aromatic carbocycles. The van der Waals surface area contributed by atoms with E-state index in [4.69, 9.17) is 11.6 Å². The monoisotopic (exact) mass is 340 g/mol. The first kappa shape index (κ1) is 16.3. The van der Waals surface area contributed by atoms with Crippen LogP contribution in [0.15, 0.2) is 58.8 Å². The van der Waals surface area contributed by atoms with Crippen LogP contribution in [0.2, 0.25) is 5.02 Å². The molecule has 3 rings (SSSR count). The summed E-state index contributed by atoms with van der Waals surface area (Å²) in [5.41, 5.74) is 1.82. The number of hydrogen-bond acceptors (Lipinski definition) is 4. The van der Waals surface area contributed by atoms with Gasteiger partial charge in [0.15, 0.2) is 0 Å². The van der Waals surface area contributed by atoms with Gasteiger partial charge in [-0.15, -0.1) is 10.2 Å². The number of halogens is 1. The lowest BCUT2D eigenvalue weighted by atomic mass is 9.98. The van der Waals surface area contributed by atoms with E-state index >= 15 is 0 Å². The summed E-state index contributed by atoms with van der Waals surface area (Å²) >= 11 is 5.91. The number of benzene rings is 3. The van der Waals surface area contributed by atoms with E-state index in [9.17, 15) is 10.2 Å². The number of phenols is 2. The Bertz CT molecular complexity index is 936. The lowest BCUT2D eigenvalue weighted by molar-refractivity contribution is 0.474. The van der Waals surface area contributed by atoms with Crippen LogP contribution in [0.25, 0.3) is 10.8 Å². The van der Waals surface area contributed by atoms with Crippen molar-refractivity contribution in [1.82, 2.24) is 0 Å². The molecule has 0 unspecified atom stereocenters. The predicted molar refractivity (Wildman–Crippen MR) is 97.0 cm³/mol. The first-order valence-electron chi connectivity index (χ1n) is 7.61. The SMILES string of the molecule is CC(C)c1ccc2c(N=Nc3cc(Cl)ccc3O)c(O)ccc2c1. The average molecular weight is 341 g/mol. The van der Waals surface area contributed by atoms with Crippen LogP contribution in [-0.4, -0.2) is 10.2 Å². The van der Waals surface area contributed by atoms with E-state index in [2.05, 4.69) is 30.1 Å². The quantitative estimate of drug-likeness (QED) is 0.538. The number of aromatic hydroxyl groups is 2. The summed E-state index contributed by atoms with van der Waals surface area (Å²) in [6.45, 7) is 4.26. The number of phenolic OH excluding ortho intramolecular Hbond substituents is 2. The molecule has 0 aliphatic carbocycles. The third kappa shape index (κ3) is 3.19. The van der Waals surface area contributed by atoms with Crippen molar-refractivity contribution < 1.29 is 10.2 Å². The molecule has 0 bridgehead atoms. The lowest BCUT2D eigenvalue weighted by Crippen LogP contribution is -1.86. The Morgan fingerprint density at radius 2 is 1.62 bits per heavy atom. The van der Waals surface area contributed by atoms with E-state index in [1.807, 2.05) is 18.2 Å². The maximum absolute atomic E-state index is 10.1. The molecule has 122 valence electrons. The zero-order chi connectivity index (χ0) is 17.3. The molecule has 0 fully saturated rings. The van der Waals surface area contributed by atoms with Gasteiger partial charge < -0.3 is 10.2 Å². The summed E-state index contributed by atoms with van der Waals surface area (Å²) in [4.78, 5) is 0. The fourth-order valence-electron chi connectivity index (χ4n) is 2.47. The van der Waals surface area contributed by atoms with Gasteiger partial charge in [-0.25, -0.2) is 0 Å². The third-order valence-electron chi connectivity index (χ3n) is 3.86. The van der Waals surface area contributed by atoms with Crippen molar-refractivity contribution in [3.05, 3.63) is 59.1 Å². The third-order valence-corrected chi connectivity index (χ3v) is 4.09. The van der Waals surface area contributed by atoms with Crippen molar-refractivity contribution >= 4 is 33.7 Å². The maximum atomic E-state index is 10.1. The van der Waals surface area contributed by atoms with Gasteiger partial charge in [0.25, 0.3) is 0 Å². The summed E-state index contributed by atoms with van der Waals surface area (Å²) < 4.78 is 0. The Hall–Kier alpha value is -2.59. The number of hydrogen-bond donors (Lipinski definition) is 2. The Balaban J connectivity index is 2.10. The minimum atomic E-state index is -0.0232. The molecule has 24 heavy (non-hydrogen) atoms. The van der Waals surface area contributed by atoms with Crippen molar-refractivity contribution in [2.75, 3.05) is 0 Å². The molecule has 0 saturated carbocycles. The van der Waals surface area contributed by atoms with Gasteiger partial charge in [0.1, 0.15) is 22.9 Å². The second-order valence-electron chi connectivity index (χ2n) is 5.90.